The van der Waals surface area contributed by atoms with E-state index in [1.807, 2.05) is 59.3 Å². The van der Waals surface area contributed by atoms with Crippen LogP contribution >= 0.6 is 15.9 Å². The van der Waals surface area contributed by atoms with E-state index in [0.717, 1.165) is 21.4 Å². The number of hydrogen-bond donors (Lipinski definition) is 2. The predicted octanol–water partition coefficient (Wildman–Crippen LogP) is 2.94. The van der Waals surface area contributed by atoms with Crippen LogP contribution in [0, 0.1) is 0 Å². The number of fused-ring (bicyclic) bond motifs is 1. The molecule has 2 N–H and O–H groups in total. The minimum Gasteiger partial charge on any atom is -0.350 e. The number of rotatable bonds is 7. The van der Waals surface area contributed by atoms with Crippen molar-refractivity contribution in [2.45, 2.75) is 19.5 Å². The van der Waals surface area contributed by atoms with Crippen LogP contribution in [0.3, 0.4) is 0 Å². The maximum Gasteiger partial charge on any atom is 0.317 e. The quantitative estimate of drug-likeness (QED) is 0.588. The highest BCUT2D eigenvalue weighted by molar-refractivity contribution is 9.10. The zero-order valence-corrected chi connectivity index (χ0v) is 17.1. The molecular weight excluding hydrogens is 422 g/mol. The van der Waals surface area contributed by atoms with Gasteiger partial charge in [-0.15, -0.1) is 0 Å². The number of carbonyl (C=O) groups is 2. The van der Waals surface area contributed by atoms with Gasteiger partial charge in [0.1, 0.15) is 5.65 Å². The van der Waals surface area contributed by atoms with Crippen molar-refractivity contribution in [3.8, 4) is 0 Å². The fraction of sp³-hybridized carbons (Fsp3) is 0.250. The summed E-state index contributed by atoms with van der Waals surface area (Å²) < 4.78 is 2.86. The standard InChI is InChI=1S/C20H22BrN5O2/c1-25(12-15-5-3-2-4-6-15)20(28)22-10-9-19(27)23-11-17-14-26-13-16(21)7-8-18(26)24-17/h2-8,13-14H,9-12H2,1H3,(H,22,28)(H,23,27). The highest BCUT2D eigenvalue weighted by atomic mass is 79.9. The monoisotopic (exact) mass is 443 g/mol. The molecule has 2 heterocycles. The summed E-state index contributed by atoms with van der Waals surface area (Å²) in [6, 6.07) is 13.4. The molecular formula is C20H22BrN5O2. The largest absolute Gasteiger partial charge is 0.350 e. The van der Waals surface area contributed by atoms with Crippen LogP contribution in [0.4, 0.5) is 4.79 Å². The van der Waals surface area contributed by atoms with Crippen molar-refractivity contribution in [1.29, 1.82) is 0 Å². The second kappa shape index (κ2) is 9.36. The molecule has 0 atom stereocenters. The highest BCUT2D eigenvalue weighted by Crippen LogP contribution is 2.12. The highest BCUT2D eigenvalue weighted by Gasteiger charge is 2.10. The Balaban J connectivity index is 1.38. The zero-order chi connectivity index (χ0) is 19.9. The number of urea groups is 1. The average Bonchev–Trinajstić information content (AvgIpc) is 3.09. The molecule has 8 heteroatoms. The van der Waals surface area contributed by atoms with Gasteiger partial charge in [0.05, 0.1) is 12.2 Å². The van der Waals surface area contributed by atoms with Crippen LogP contribution in [0.1, 0.15) is 17.7 Å². The average molecular weight is 444 g/mol. The van der Waals surface area contributed by atoms with E-state index in [2.05, 4.69) is 31.5 Å². The van der Waals surface area contributed by atoms with Gasteiger partial charge in [0.2, 0.25) is 5.91 Å². The van der Waals surface area contributed by atoms with Gasteiger partial charge < -0.3 is 19.9 Å². The molecule has 0 aliphatic heterocycles. The van der Waals surface area contributed by atoms with E-state index in [4.69, 9.17) is 0 Å². The topological polar surface area (TPSA) is 78.7 Å². The molecule has 0 bridgehead atoms. The molecule has 0 saturated carbocycles. The number of nitrogens with one attached hydrogen (secondary N) is 2. The maximum atomic E-state index is 12.1. The van der Waals surface area contributed by atoms with Gasteiger partial charge in [0, 0.05) is 43.4 Å². The molecule has 0 aliphatic rings. The van der Waals surface area contributed by atoms with Gasteiger partial charge in [-0.1, -0.05) is 30.3 Å². The molecule has 0 aliphatic carbocycles. The second-order valence-electron chi connectivity index (χ2n) is 6.45. The number of carbonyl (C=O) groups excluding carboxylic acids is 2. The molecule has 0 saturated heterocycles. The Morgan fingerprint density at radius 3 is 2.68 bits per heavy atom. The van der Waals surface area contributed by atoms with Crippen molar-refractivity contribution >= 4 is 33.5 Å². The molecule has 0 fully saturated rings. The Hall–Kier alpha value is -2.87. The molecule has 7 nitrogen and oxygen atoms in total. The van der Waals surface area contributed by atoms with E-state index in [9.17, 15) is 9.59 Å². The summed E-state index contributed by atoms with van der Waals surface area (Å²) in [6.45, 7) is 1.14. The lowest BCUT2D eigenvalue weighted by molar-refractivity contribution is -0.121. The van der Waals surface area contributed by atoms with Crippen molar-refractivity contribution in [2.75, 3.05) is 13.6 Å². The number of imidazole rings is 1. The zero-order valence-electron chi connectivity index (χ0n) is 15.6. The van der Waals surface area contributed by atoms with Crippen LogP contribution in [-0.4, -0.2) is 39.8 Å². The molecule has 0 radical (unpaired) electrons. The predicted molar refractivity (Wildman–Crippen MR) is 111 cm³/mol. The van der Waals surface area contributed by atoms with E-state index < -0.39 is 0 Å². The first-order valence-corrected chi connectivity index (χ1v) is 9.73. The van der Waals surface area contributed by atoms with Crippen molar-refractivity contribution in [1.82, 2.24) is 24.9 Å². The Kier molecular flexibility index (Phi) is 6.65. The maximum absolute atomic E-state index is 12.1. The molecule has 3 rings (SSSR count). The van der Waals surface area contributed by atoms with Crippen molar-refractivity contribution in [2.24, 2.45) is 0 Å². The van der Waals surface area contributed by atoms with E-state index in [1.165, 1.54) is 0 Å². The number of halogens is 1. The lowest BCUT2D eigenvalue weighted by Crippen LogP contribution is -2.38. The van der Waals surface area contributed by atoms with Gasteiger partial charge in [-0.3, -0.25) is 4.79 Å². The summed E-state index contributed by atoms with van der Waals surface area (Å²) in [5.41, 5.74) is 2.65. The van der Waals surface area contributed by atoms with Crippen LogP contribution in [0.5, 0.6) is 0 Å². The molecule has 0 spiro atoms. The normalized spacial score (nSPS) is 10.6. The van der Waals surface area contributed by atoms with Gasteiger partial charge >= 0.3 is 6.03 Å². The SMILES string of the molecule is CN(Cc1ccccc1)C(=O)NCCC(=O)NCc1cn2cc(Br)ccc2n1. The molecule has 2 aromatic heterocycles. The van der Waals surface area contributed by atoms with E-state index >= 15 is 0 Å². The Morgan fingerprint density at radius 2 is 1.89 bits per heavy atom. The van der Waals surface area contributed by atoms with Gasteiger partial charge in [0.25, 0.3) is 0 Å². The second-order valence-corrected chi connectivity index (χ2v) is 7.36. The number of aromatic nitrogens is 2. The first-order valence-electron chi connectivity index (χ1n) is 8.94. The Bertz CT molecular complexity index is 958. The third kappa shape index (κ3) is 5.56. The Morgan fingerprint density at radius 1 is 1.11 bits per heavy atom. The fourth-order valence-electron chi connectivity index (χ4n) is 2.73. The van der Waals surface area contributed by atoms with Gasteiger partial charge in [-0.2, -0.15) is 0 Å². The summed E-state index contributed by atoms with van der Waals surface area (Å²) in [5.74, 6) is -0.135. The van der Waals surface area contributed by atoms with Crippen molar-refractivity contribution in [3.63, 3.8) is 0 Å². The van der Waals surface area contributed by atoms with Crippen molar-refractivity contribution < 1.29 is 9.59 Å². The van der Waals surface area contributed by atoms with E-state index in [1.54, 1.807) is 11.9 Å². The van der Waals surface area contributed by atoms with Gasteiger partial charge in [-0.25, -0.2) is 9.78 Å². The summed E-state index contributed by atoms with van der Waals surface area (Å²) in [7, 11) is 1.73. The lowest BCUT2D eigenvalue weighted by Gasteiger charge is -2.18. The number of amides is 3. The number of benzene rings is 1. The summed E-state index contributed by atoms with van der Waals surface area (Å²) in [4.78, 5) is 30.1. The summed E-state index contributed by atoms with van der Waals surface area (Å²) in [5, 5.41) is 5.59. The first kappa shape index (κ1) is 19.9. The molecule has 0 unspecified atom stereocenters. The van der Waals surface area contributed by atoms with E-state index in [0.29, 0.717) is 13.1 Å². The molecule has 28 heavy (non-hydrogen) atoms. The minimum atomic E-state index is -0.206. The molecule has 3 amide bonds. The molecule has 146 valence electrons. The van der Waals surface area contributed by atoms with Crippen LogP contribution in [0.15, 0.2) is 59.3 Å². The lowest BCUT2D eigenvalue weighted by atomic mass is 10.2. The number of nitrogens with zero attached hydrogens (tertiary/aromatic N) is 3. The third-order valence-electron chi connectivity index (χ3n) is 4.17. The molecule has 1 aromatic carbocycles. The third-order valence-corrected chi connectivity index (χ3v) is 4.64. The fourth-order valence-corrected chi connectivity index (χ4v) is 3.08. The minimum absolute atomic E-state index is 0.135. The van der Waals surface area contributed by atoms with Gasteiger partial charge in [0.15, 0.2) is 0 Å². The first-order chi connectivity index (χ1) is 13.5. The van der Waals surface area contributed by atoms with Crippen LogP contribution in [0.2, 0.25) is 0 Å². The number of pyridine rings is 1. The van der Waals surface area contributed by atoms with Crippen LogP contribution in [-0.2, 0) is 17.9 Å². The smallest absolute Gasteiger partial charge is 0.317 e. The Labute approximate surface area is 171 Å². The van der Waals surface area contributed by atoms with Gasteiger partial charge in [-0.05, 0) is 33.6 Å². The number of hydrogen-bond acceptors (Lipinski definition) is 3. The summed E-state index contributed by atoms with van der Waals surface area (Å²) in [6.07, 6.45) is 4.00. The van der Waals surface area contributed by atoms with Crippen LogP contribution in [0.25, 0.3) is 5.65 Å². The van der Waals surface area contributed by atoms with E-state index in [-0.39, 0.29) is 24.9 Å². The van der Waals surface area contributed by atoms with Crippen molar-refractivity contribution in [3.05, 3.63) is 70.6 Å². The summed E-state index contributed by atoms with van der Waals surface area (Å²) >= 11 is 3.42. The van der Waals surface area contributed by atoms with Crippen LogP contribution < -0.4 is 10.6 Å². The molecule has 3 aromatic rings.